The predicted molar refractivity (Wildman–Crippen MR) is 125 cm³/mol. The van der Waals surface area contributed by atoms with Gasteiger partial charge < -0.3 is 10.1 Å². The second-order valence-corrected chi connectivity index (χ2v) is 8.53. The van der Waals surface area contributed by atoms with E-state index in [9.17, 15) is 18.0 Å². The van der Waals surface area contributed by atoms with Crippen LogP contribution in [0.4, 0.5) is 18.9 Å². The van der Waals surface area contributed by atoms with Crippen molar-refractivity contribution in [2.45, 2.75) is 39.6 Å². The van der Waals surface area contributed by atoms with Gasteiger partial charge in [0, 0.05) is 0 Å². The summed E-state index contributed by atoms with van der Waals surface area (Å²) in [7, 11) is 0. The zero-order chi connectivity index (χ0) is 24.2. The molecule has 0 heterocycles. The number of alkyl halides is 3. The third kappa shape index (κ3) is 6.08. The highest BCUT2D eigenvalue weighted by molar-refractivity contribution is 6.33. The first-order valence-electron chi connectivity index (χ1n) is 10.5. The van der Waals surface area contributed by atoms with Crippen LogP contribution in [0.25, 0.3) is 11.1 Å². The number of halogens is 4. The monoisotopic (exact) mass is 475 g/mol. The number of nitrogens with one attached hydrogen (secondary N) is 1. The van der Waals surface area contributed by atoms with Gasteiger partial charge in [-0.3, -0.25) is 0 Å². The van der Waals surface area contributed by atoms with Crippen molar-refractivity contribution in [1.82, 2.24) is 0 Å². The highest BCUT2D eigenvalue weighted by atomic mass is 35.5. The predicted octanol–water partition coefficient (Wildman–Crippen LogP) is 7.51. The molecule has 0 aromatic heterocycles. The normalized spacial score (nSPS) is 12.5. The Kier molecular flexibility index (Phi) is 7.69. The Balaban J connectivity index is 1.73. The molecule has 1 N–H and O–H groups in total. The van der Waals surface area contributed by atoms with Gasteiger partial charge in [0.25, 0.3) is 0 Å². The fraction of sp³-hybridized carbons (Fsp3) is 0.269. The summed E-state index contributed by atoms with van der Waals surface area (Å²) in [5.41, 5.74) is 3.40. The van der Waals surface area contributed by atoms with Crippen LogP contribution in [0.5, 0.6) is 0 Å². The third-order valence-corrected chi connectivity index (χ3v) is 5.74. The molecular weight excluding hydrogens is 451 g/mol. The van der Waals surface area contributed by atoms with Gasteiger partial charge in [0.15, 0.2) is 0 Å². The number of anilines is 1. The molecule has 0 saturated heterocycles. The summed E-state index contributed by atoms with van der Waals surface area (Å²) in [6.07, 6.45) is -4.50. The summed E-state index contributed by atoms with van der Waals surface area (Å²) < 4.78 is 44.3. The summed E-state index contributed by atoms with van der Waals surface area (Å²) in [5, 5.41) is 2.82. The van der Waals surface area contributed by atoms with Crippen LogP contribution in [0, 0.1) is 12.8 Å². The highest BCUT2D eigenvalue weighted by Gasteiger charge is 2.31. The molecule has 174 valence electrons. The van der Waals surface area contributed by atoms with Gasteiger partial charge in [0.05, 0.1) is 16.3 Å². The van der Waals surface area contributed by atoms with Crippen molar-refractivity contribution >= 4 is 23.3 Å². The zero-order valence-electron chi connectivity index (χ0n) is 18.5. The average Bonchev–Trinajstić information content (AvgIpc) is 2.77. The maximum Gasteiger partial charge on any atom is 0.416 e. The summed E-state index contributed by atoms with van der Waals surface area (Å²) in [5.74, 6) is -0.696. The first-order chi connectivity index (χ1) is 15.6. The maximum atomic E-state index is 12.9. The van der Waals surface area contributed by atoms with Crippen molar-refractivity contribution in [3.05, 3.63) is 88.4 Å². The molecule has 1 atom stereocenters. The minimum Gasteiger partial charge on any atom is -0.459 e. The molecule has 0 aliphatic rings. The molecule has 0 fully saturated rings. The largest absolute Gasteiger partial charge is 0.459 e. The first kappa shape index (κ1) is 24.6. The van der Waals surface area contributed by atoms with E-state index in [1.165, 1.54) is 6.07 Å². The highest BCUT2D eigenvalue weighted by Crippen LogP contribution is 2.34. The van der Waals surface area contributed by atoms with Gasteiger partial charge in [-0.25, -0.2) is 4.79 Å². The molecular formula is C26H25ClF3NO2. The van der Waals surface area contributed by atoms with E-state index in [1.54, 1.807) is 0 Å². The van der Waals surface area contributed by atoms with E-state index in [0.717, 1.165) is 34.4 Å². The maximum absolute atomic E-state index is 12.9. The van der Waals surface area contributed by atoms with Gasteiger partial charge in [-0.1, -0.05) is 74.0 Å². The van der Waals surface area contributed by atoms with Crippen molar-refractivity contribution < 1.29 is 22.7 Å². The van der Waals surface area contributed by atoms with Crippen molar-refractivity contribution in [2.24, 2.45) is 5.92 Å². The van der Waals surface area contributed by atoms with E-state index in [-0.39, 0.29) is 23.2 Å². The van der Waals surface area contributed by atoms with E-state index in [4.69, 9.17) is 16.3 Å². The third-order valence-electron chi connectivity index (χ3n) is 5.43. The minimum atomic E-state index is -4.50. The lowest BCUT2D eigenvalue weighted by Crippen LogP contribution is -2.36. The van der Waals surface area contributed by atoms with Crippen molar-refractivity contribution in [3.63, 3.8) is 0 Å². The molecule has 0 saturated carbocycles. The Morgan fingerprint density at radius 2 is 1.73 bits per heavy atom. The van der Waals surface area contributed by atoms with Gasteiger partial charge in [-0.05, 0) is 53.3 Å². The summed E-state index contributed by atoms with van der Waals surface area (Å²) in [6.45, 7) is 5.69. The molecule has 0 spiro atoms. The lowest BCUT2D eigenvalue weighted by molar-refractivity contribution is -0.147. The Hall–Kier alpha value is -2.99. The van der Waals surface area contributed by atoms with Crippen LogP contribution in [0.3, 0.4) is 0 Å². The van der Waals surface area contributed by atoms with Crippen LogP contribution in [-0.4, -0.2) is 12.0 Å². The summed E-state index contributed by atoms with van der Waals surface area (Å²) in [6, 6.07) is 18.0. The molecule has 3 aromatic carbocycles. The van der Waals surface area contributed by atoms with E-state index in [0.29, 0.717) is 0 Å². The van der Waals surface area contributed by atoms with E-state index < -0.39 is 23.8 Å². The van der Waals surface area contributed by atoms with E-state index >= 15 is 0 Å². The molecule has 3 aromatic rings. The van der Waals surface area contributed by atoms with Crippen LogP contribution in [0.15, 0.2) is 66.7 Å². The van der Waals surface area contributed by atoms with Crippen molar-refractivity contribution in [3.8, 4) is 11.1 Å². The SMILES string of the molecule is Cc1c(COC(=O)C(Nc2ccc(C(F)(F)F)cc2Cl)C(C)C)cccc1-c1ccccc1. The zero-order valence-corrected chi connectivity index (χ0v) is 19.3. The fourth-order valence-corrected chi connectivity index (χ4v) is 3.72. The topological polar surface area (TPSA) is 38.3 Å². The number of rotatable bonds is 7. The van der Waals surface area contributed by atoms with Crippen LogP contribution in [-0.2, 0) is 22.3 Å². The number of hydrogen-bond donors (Lipinski definition) is 1. The van der Waals surface area contributed by atoms with Crippen LogP contribution in [0.1, 0.15) is 30.5 Å². The second-order valence-electron chi connectivity index (χ2n) is 8.12. The fourth-order valence-electron chi connectivity index (χ4n) is 3.48. The molecule has 33 heavy (non-hydrogen) atoms. The molecule has 0 bridgehead atoms. The molecule has 3 rings (SSSR count). The Morgan fingerprint density at radius 3 is 2.33 bits per heavy atom. The summed E-state index contributed by atoms with van der Waals surface area (Å²) >= 11 is 6.04. The number of carbonyl (C=O) groups excluding carboxylic acids is 1. The Bertz CT molecular complexity index is 1110. The Morgan fingerprint density at radius 1 is 1.03 bits per heavy atom. The number of hydrogen-bond acceptors (Lipinski definition) is 3. The smallest absolute Gasteiger partial charge is 0.416 e. The number of esters is 1. The second kappa shape index (κ2) is 10.3. The van der Waals surface area contributed by atoms with E-state index in [1.807, 2.05) is 69.3 Å². The summed E-state index contributed by atoms with van der Waals surface area (Å²) in [4.78, 5) is 12.9. The van der Waals surface area contributed by atoms with Crippen molar-refractivity contribution in [2.75, 3.05) is 5.32 Å². The lowest BCUT2D eigenvalue weighted by Gasteiger charge is -2.23. The van der Waals surface area contributed by atoms with Crippen LogP contribution >= 0.6 is 11.6 Å². The van der Waals surface area contributed by atoms with Gasteiger partial charge in [-0.15, -0.1) is 0 Å². The average molecular weight is 476 g/mol. The van der Waals surface area contributed by atoms with Gasteiger partial charge >= 0.3 is 12.1 Å². The molecule has 0 radical (unpaired) electrons. The van der Waals surface area contributed by atoms with Gasteiger partial charge in [0.2, 0.25) is 0 Å². The van der Waals surface area contributed by atoms with Crippen molar-refractivity contribution in [1.29, 1.82) is 0 Å². The first-order valence-corrected chi connectivity index (χ1v) is 10.9. The van der Waals surface area contributed by atoms with Crippen LogP contribution < -0.4 is 5.32 Å². The Labute approximate surface area is 196 Å². The molecule has 0 amide bonds. The number of benzene rings is 3. The van der Waals surface area contributed by atoms with Gasteiger partial charge in [-0.2, -0.15) is 13.2 Å². The molecule has 3 nitrogen and oxygen atoms in total. The van der Waals surface area contributed by atoms with Gasteiger partial charge in [0.1, 0.15) is 12.6 Å². The molecule has 7 heteroatoms. The molecule has 0 aliphatic carbocycles. The van der Waals surface area contributed by atoms with Crippen LogP contribution in [0.2, 0.25) is 5.02 Å². The quantitative estimate of drug-likeness (QED) is 0.359. The minimum absolute atomic E-state index is 0.0803. The number of ether oxygens (including phenoxy) is 1. The van der Waals surface area contributed by atoms with E-state index in [2.05, 4.69) is 5.32 Å². The lowest BCUT2D eigenvalue weighted by atomic mass is 9.97. The molecule has 0 aliphatic heterocycles. The molecule has 1 unspecified atom stereocenters. The number of carbonyl (C=O) groups is 1. The standard InChI is InChI=1S/C26H25ClF3NO2/c1-16(2)24(31-23-13-12-20(14-22(23)27)26(28,29)30)25(32)33-15-19-10-7-11-21(17(19)3)18-8-5-4-6-9-18/h4-14,16,24,31H,15H2,1-3H3.